The number of nitrogens with one attached hydrogen (secondary N) is 1. The highest BCUT2D eigenvalue weighted by Gasteiger charge is 2.18. The number of rotatable bonds is 9. The van der Waals surface area contributed by atoms with Gasteiger partial charge < -0.3 is 14.4 Å². The molecule has 0 saturated carbocycles. The Kier molecular flexibility index (Phi) is 9.15. The van der Waals surface area contributed by atoms with E-state index < -0.39 is 5.97 Å². The molecule has 0 aliphatic heterocycles. The fourth-order valence-electron chi connectivity index (χ4n) is 3.62. The van der Waals surface area contributed by atoms with Crippen LogP contribution in [-0.4, -0.2) is 28.6 Å². The molecule has 0 bridgehead atoms. The van der Waals surface area contributed by atoms with Gasteiger partial charge in [-0.05, 0) is 90.9 Å². The van der Waals surface area contributed by atoms with Crippen molar-refractivity contribution >= 4 is 34.9 Å². The molecule has 38 heavy (non-hydrogen) atoms. The van der Waals surface area contributed by atoms with Crippen LogP contribution in [-0.2, 0) is 17.9 Å². The van der Waals surface area contributed by atoms with E-state index in [4.69, 9.17) is 21.7 Å². The smallest absolute Gasteiger partial charge is 0.338 e. The third-order valence-electron chi connectivity index (χ3n) is 5.61. The molecule has 0 atom stereocenters. The first-order valence-electron chi connectivity index (χ1n) is 12.1. The maximum Gasteiger partial charge on any atom is 0.338 e. The second-order valence-electron chi connectivity index (χ2n) is 8.27. The largest absolute Gasteiger partial charge is 0.489 e. The fraction of sp³-hybridized carbons (Fsp3) is 0.133. The minimum absolute atomic E-state index is 0.222. The molecular formula is C30H27N3O4S. The Labute approximate surface area is 227 Å². The number of esters is 1. The SMILES string of the molecule is CCOC(=O)c1ccc(N(Cc2ccncc2)C(=S)NC(=O)c2ccc(OCc3ccccc3)cc2)cc1. The van der Waals surface area contributed by atoms with Gasteiger partial charge in [0.25, 0.3) is 5.91 Å². The van der Waals surface area contributed by atoms with Gasteiger partial charge in [-0.3, -0.25) is 15.1 Å². The summed E-state index contributed by atoms with van der Waals surface area (Å²) in [6, 6.07) is 27.4. The summed E-state index contributed by atoms with van der Waals surface area (Å²) < 4.78 is 10.9. The highest BCUT2D eigenvalue weighted by molar-refractivity contribution is 7.80. The van der Waals surface area contributed by atoms with Crippen LogP contribution < -0.4 is 15.0 Å². The Bertz CT molecular complexity index is 1360. The normalized spacial score (nSPS) is 10.3. The summed E-state index contributed by atoms with van der Waals surface area (Å²) in [5.74, 6) is -0.0757. The molecule has 1 amide bonds. The second kappa shape index (κ2) is 13.1. The average molecular weight is 526 g/mol. The third-order valence-corrected chi connectivity index (χ3v) is 5.93. The standard InChI is InChI=1S/C30H27N3O4S/c1-2-36-29(35)25-8-12-26(13-9-25)33(20-22-16-18-31-19-17-22)30(38)32-28(34)24-10-14-27(15-11-24)37-21-23-6-4-3-5-7-23/h3-19H,2,20-21H2,1H3,(H,32,34,38). The van der Waals surface area contributed by atoms with Crippen molar-refractivity contribution in [2.75, 3.05) is 11.5 Å². The molecule has 1 aromatic heterocycles. The first kappa shape index (κ1) is 26.5. The molecule has 0 fully saturated rings. The van der Waals surface area contributed by atoms with E-state index in [2.05, 4.69) is 10.3 Å². The van der Waals surface area contributed by atoms with E-state index >= 15 is 0 Å². The zero-order valence-electron chi connectivity index (χ0n) is 20.9. The van der Waals surface area contributed by atoms with Gasteiger partial charge in [0.15, 0.2) is 5.11 Å². The van der Waals surface area contributed by atoms with Crippen molar-refractivity contribution in [1.29, 1.82) is 0 Å². The van der Waals surface area contributed by atoms with Gasteiger partial charge in [-0.15, -0.1) is 0 Å². The molecule has 7 nitrogen and oxygen atoms in total. The fourth-order valence-corrected chi connectivity index (χ4v) is 3.89. The maximum atomic E-state index is 13.0. The minimum Gasteiger partial charge on any atom is -0.489 e. The lowest BCUT2D eigenvalue weighted by atomic mass is 10.1. The summed E-state index contributed by atoms with van der Waals surface area (Å²) in [7, 11) is 0. The maximum absolute atomic E-state index is 13.0. The van der Waals surface area contributed by atoms with Gasteiger partial charge in [0.1, 0.15) is 12.4 Å². The van der Waals surface area contributed by atoms with Gasteiger partial charge in [0.05, 0.1) is 18.7 Å². The van der Waals surface area contributed by atoms with Crippen molar-refractivity contribution in [3.8, 4) is 5.75 Å². The number of hydrogen-bond donors (Lipinski definition) is 1. The van der Waals surface area contributed by atoms with Crippen LogP contribution in [0.15, 0.2) is 103 Å². The molecule has 8 heteroatoms. The van der Waals surface area contributed by atoms with E-state index in [-0.39, 0.29) is 11.0 Å². The number of pyridine rings is 1. The quantitative estimate of drug-likeness (QED) is 0.226. The third kappa shape index (κ3) is 7.24. The van der Waals surface area contributed by atoms with Crippen molar-refractivity contribution in [3.05, 3.63) is 126 Å². The van der Waals surface area contributed by atoms with Gasteiger partial charge in [0, 0.05) is 23.6 Å². The average Bonchev–Trinajstić information content (AvgIpc) is 2.96. The van der Waals surface area contributed by atoms with Crippen LogP contribution in [0.5, 0.6) is 5.75 Å². The minimum atomic E-state index is -0.396. The van der Waals surface area contributed by atoms with Crippen LogP contribution in [0.1, 0.15) is 38.8 Å². The molecule has 3 aromatic carbocycles. The summed E-state index contributed by atoms with van der Waals surface area (Å²) in [4.78, 5) is 30.9. The number of anilines is 1. The number of benzene rings is 3. The zero-order valence-corrected chi connectivity index (χ0v) is 21.7. The Hall–Kier alpha value is -4.56. The first-order chi connectivity index (χ1) is 18.5. The number of aromatic nitrogens is 1. The highest BCUT2D eigenvalue weighted by atomic mass is 32.1. The molecule has 0 spiro atoms. The van der Waals surface area contributed by atoms with E-state index in [0.29, 0.717) is 42.3 Å². The number of amides is 1. The van der Waals surface area contributed by atoms with Gasteiger partial charge >= 0.3 is 5.97 Å². The van der Waals surface area contributed by atoms with Gasteiger partial charge in [-0.1, -0.05) is 30.3 Å². The van der Waals surface area contributed by atoms with E-state index in [1.54, 1.807) is 72.7 Å². The van der Waals surface area contributed by atoms with Gasteiger partial charge in [-0.2, -0.15) is 0 Å². The number of nitrogens with zero attached hydrogens (tertiary/aromatic N) is 2. The predicted octanol–water partition coefficient (Wildman–Crippen LogP) is 5.56. The molecule has 0 aliphatic rings. The number of thiocarbonyl (C=S) groups is 1. The number of ether oxygens (including phenoxy) is 2. The highest BCUT2D eigenvalue weighted by Crippen LogP contribution is 2.20. The van der Waals surface area contributed by atoms with Gasteiger partial charge in [0.2, 0.25) is 0 Å². The molecule has 1 heterocycles. The van der Waals surface area contributed by atoms with Crippen molar-refractivity contribution in [2.45, 2.75) is 20.1 Å². The Morgan fingerprint density at radius 1 is 0.842 bits per heavy atom. The van der Waals surface area contributed by atoms with E-state index in [1.165, 1.54) is 0 Å². The van der Waals surface area contributed by atoms with Gasteiger partial charge in [-0.25, -0.2) is 4.79 Å². The lowest BCUT2D eigenvalue weighted by molar-refractivity contribution is 0.0526. The Morgan fingerprint density at radius 3 is 2.16 bits per heavy atom. The Morgan fingerprint density at radius 2 is 1.50 bits per heavy atom. The molecule has 4 rings (SSSR count). The van der Waals surface area contributed by atoms with Crippen molar-refractivity contribution < 1.29 is 19.1 Å². The summed E-state index contributed by atoms with van der Waals surface area (Å²) in [5, 5.41) is 3.04. The molecule has 0 unspecified atom stereocenters. The van der Waals surface area contributed by atoms with Crippen LogP contribution in [0.3, 0.4) is 0 Å². The molecule has 4 aromatic rings. The summed E-state index contributed by atoms with van der Waals surface area (Å²) in [6.07, 6.45) is 3.39. The van der Waals surface area contributed by atoms with E-state index in [9.17, 15) is 9.59 Å². The van der Waals surface area contributed by atoms with Crippen LogP contribution in [0, 0.1) is 0 Å². The van der Waals surface area contributed by atoms with Crippen LogP contribution in [0.25, 0.3) is 0 Å². The van der Waals surface area contributed by atoms with Crippen LogP contribution >= 0.6 is 12.2 Å². The summed E-state index contributed by atoms with van der Waals surface area (Å²) in [6.45, 7) is 2.89. The first-order valence-corrected chi connectivity index (χ1v) is 12.5. The van der Waals surface area contributed by atoms with E-state index in [1.807, 2.05) is 42.5 Å². The summed E-state index contributed by atoms with van der Waals surface area (Å²) >= 11 is 5.64. The lowest BCUT2D eigenvalue weighted by Crippen LogP contribution is -2.42. The zero-order chi connectivity index (χ0) is 26.7. The topological polar surface area (TPSA) is 80.8 Å². The lowest BCUT2D eigenvalue weighted by Gasteiger charge is -2.26. The number of hydrogen-bond acceptors (Lipinski definition) is 6. The predicted molar refractivity (Wildman–Crippen MR) is 150 cm³/mol. The monoisotopic (exact) mass is 525 g/mol. The number of carbonyl (C=O) groups excluding carboxylic acids is 2. The van der Waals surface area contributed by atoms with Crippen molar-refractivity contribution in [3.63, 3.8) is 0 Å². The van der Waals surface area contributed by atoms with Crippen molar-refractivity contribution in [1.82, 2.24) is 10.3 Å². The second-order valence-corrected chi connectivity index (χ2v) is 8.65. The molecule has 192 valence electrons. The van der Waals surface area contributed by atoms with Crippen LogP contribution in [0.4, 0.5) is 5.69 Å². The van der Waals surface area contributed by atoms with E-state index in [0.717, 1.165) is 11.1 Å². The molecule has 0 saturated heterocycles. The van der Waals surface area contributed by atoms with Crippen molar-refractivity contribution in [2.24, 2.45) is 0 Å². The summed E-state index contributed by atoms with van der Waals surface area (Å²) in [5.41, 5.74) is 3.60. The molecule has 1 N–H and O–H groups in total. The molecular weight excluding hydrogens is 498 g/mol. The molecule has 0 radical (unpaired) electrons. The number of carbonyl (C=O) groups is 2. The molecule has 0 aliphatic carbocycles. The Balaban J connectivity index is 1.45. The van der Waals surface area contributed by atoms with Crippen LogP contribution in [0.2, 0.25) is 0 Å².